The van der Waals surface area contributed by atoms with Gasteiger partial charge in [0, 0.05) is 43.5 Å². The molecule has 0 atom stereocenters. The van der Waals surface area contributed by atoms with Crippen LogP contribution in [0.5, 0.6) is 0 Å². The number of nitrogens with zero attached hydrogens (tertiary/aromatic N) is 1. The number of benzene rings is 1. The van der Waals surface area contributed by atoms with Gasteiger partial charge in [0.1, 0.15) is 5.82 Å². The number of piperazine rings is 1. The lowest BCUT2D eigenvalue weighted by molar-refractivity contribution is -0.124. The maximum absolute atomic E-state index is 14.9. The molecule has 1 amide bonds. The average molecular weight is 382 g/mol. The van der Waals surface area contributed by atoms with E-state index in [0.29, 0.717) is 5.56 Å². The first-order valence-corrected chi connectivity index (χ1v) is 9.76. The molecule has 4 rings (SSSR count). The van der Waals surface area contributed by atoms with E-state index >= 15 is 0 Å². The van der Waals surface area contributed by atoms with E-state index < -0.39 is 5.41 Å². The molecule has 2 aliphatic carbocycles. The van der Waals surface area contributed by atoms with E-state index in [-0.39, 0.29) is 30.2 Å². The molecule has 1 aromatic rings. The van der Waals surface area contributed by atoms with Gasteiger partial charge in [-0.25, -0.2) is 4.39 Å². The highest BCUT2D eigenvalue weighted by Gasteiger charge is 2.53. The zero-order chi connectivity index (χ0) is 17.3. The van der Waals surface area contributed by atoms with Crippen molar-refractivity contribution in [3.63, 3.8) is 0 Å². The maximum Gasteiger partial charge on any atom is 0.230 e. The van der Waals surface area contributed by atoms with Crippen LogP contribution in [0, 0.1) is 5.82 Å². The molecule has 3 aliphatic rings. The molecular weight excluding hydrogens is 353 g/mol. The minimum Gasteiger partial charge on any atom is -0.369 e. The molecule has 4 nitrogen and oxygen atoms in total. The van der Waals surface area contributed by atoms with Gasteiger partial charge >= 0.3 is 0 Å². The van der Waals surface area contributed by atoms with Crippen LogP contribution in [-0.2, 0) is 10.2 Å². The summed E-state index contributed by atoms with van der Waals surface area (Å²) in [6.07, 6.45) is 7.28. The second-order valence-electron chi connectivity index (χ2n) is 7.79. The highest BCUT2D eigenvalue weighted by molar-refractivity contribution is 5.91. The lowest BCUT2D eigenvalue weighted by atomic mass is 9.91. The van der Waals surface area contributed by atoms with Gasteiger partial charge in [-0.3, -0.25) is 4.79 Å². The SMILES string of the molecule is Cl.O=C(NC1CCCCC1)C1(c2ccc(N3CCNCC3)cc2F)CC1. The van der Waals surface area contributed by atoms with E-state index in [4.69, 9.17) is 0 Å². The summed E-state index contributed by atoms with van der Waals surface area (Å²) in [5, 5.41) is 6.51. The fraction of sp³-hybridized carbons (Fsp3) is 0.650. The monoisotopic (exact) mass is 381 g/mol. The molecule has 26 heavy (non-hydrogen) atoms. The van der Waals surface area contributed by atoms with Gasteiger partial charge in [-0.1, -0.05) is 25.3 Å². The molecule has 1 aromatic carbocycles. The van der Waals surface area contributed by atoms with Crippen molar-refractivity contribution in [3.8, 4) is 0 Å². The Hall–Kier alpha value is -1.33. The minimum absolute atomic E-state index is 0. The average Bonchev–Trinajstić information content (AvgIpc) is 3.45. The molecular formula is C20H29ClFN3O. The van der Waals surface area contributed by atoms with Gasteiger partial charge in [-0.05, 0) is 37.8 Å². The summed E-state index contributed by atoms with van der Waals surface area (Å²) in [5.74, 6) is -0.194. The molecule has 1 aliphatic heterocycles. The first-order valence-electron chi connectivity index (χ1n) is 9.76. The lowest BCUT2D eigenvalue weighted by Crippen LogP contribution is -2.44. The first kappa shape index (κ1) is 19.4. The number of carbonyl (C=O) groups is 1. The molecule has 0 spiro atoms. The first-order chi connectivity index (χ1) is 12.2. The van der Waals surface area contributed by atoms with Gasteiger partial charge in [-0.2, -0.15) is 0 Å². The van der Waals surface area contributed by atoms with E-state index in [1.165, 1.54) is 19.3 Å². The molecule has 0 aromatic heterocycles. The molecule has 2 saturated carbocycles. The predicted molar refractivity (Wildman–Crippen MR) is 105 cm³/mol. The number of hydrogen-bond donors (Lipinski definition) is 2. The Morgan fingerprint density at radius 3 is 2.46 bits per heavy atom. The minimum atomic E-state index is -0.622. The largest absolute Gasteiger partial charge is 0.369 e. The summed E-state index contributed by atoms with van der Waals surface area (Å²) in [7, 11) is 0. The van der Waals surface area contributed by atoms with Crippen LogP contribution in [0.2, 0.25) is 0 Å². The molecule has 2 N–H and O–H groups in total. The maximum atomic E-state index is 14.9. The number of amides is 1. The predicted octanol–water partition coefficient (Wildman–Crippen LogP) is 3.14. The molecule has 144 valence electrons. The Morgan fingerprint density at radius 2 is 1.85 bits per heavy atom. The molecule has 0 bridgehead atoms. The van der Waals surface area contributed by atoms with Gasteiger partial charge in [0.25, 0.3) is 0 Å². The smallest absolute Gasteiger partial charge is 0.230 e. The van der Waals surface area contributed by atoms with Crippen molar-refractivity contribution in [1.29, 1.82) is 0 Å². The van der Waals surface area contributed by atoms with Crippen LogP contribution in [0.25, 0.3) is 0 Å². The van der Waals surface area contributed by atoms with Crippen molar-refractivity contribution in [3.05, 3.63) is 29.6 Å². The Balaban J connectivity index is 0.00000196. The molecule has 0 unspecified atom stereocenters. The van der Waals surface area contributed by atoms with Crippen LogP contribution >= 0.6 is 12.4 Å². The van der Waals surface area contributed by atoms with Crippen molar-refractivity contribution < 1.29 is 9.18 Å². The van der Waals surface area contributed by atoms with E-state index in [9.17, 15) is 9.18 Å². The lowest BCUT2D eigenvalue weighted by Gasteiger charge is -2.30. The van der Waals surface area contributed by atoms with Crippen LogP contribution in [-0.4, -0.2) is 38.1 Å². The fourth-order valence-electron chi connectivity index (χ4n) is 4.33. The molecule has 6 heteroatoms. The third-order valence-corrected chi connectivity index (χ3v) is 6.08. The van der Waals surface area contributed by atoms with E-state index in [0.717, 1.165) is 57.5 Å². The van der Waals surface area contributed by atoms with Crippen LogP contribution in [0.1, 0.15) is 50.5 Å². The summed E-state index contributed by atoms with van der Waals surface area (Å²) in [6.45, 7) is 3.65. The normalized spacial score (nSPS) is 22.4. The zero-order valence-electron chi connectivity index (χ0n) is 15.2. The molecule has 1 saturated heterocycles. The van der Waals surface area contributed by atoms with Crippen molar-refractivity contribution in [1.82, 2.24) is 10.6 Å². The van der Waals surface area contributed by atoms with Crippen LogP contribution in [0.15, 0.2) is 18.2 Å². The molecule has 3 fully saturated rings. The van der Waals surface area contributed by atoms with Crippen molar-refractivity contribution in [2.24, 2.45) is 0 Å². The Kier molecular flexibility index (Phi) is 6.08. The van der Waals surface area contributed by atoms with Gasteiger partial charge in [0.05, 0.1) is 5.41 Å². The zero-order valence-corrected chi connectivity index (χ0v) is 16.0. The summed E-state index contributed by atoms with van der Waals surface area (Å²) >= 11 is 0. The quantitative estimate of drug-likeness (QED) is 0.842. The van der Waals surface area contributed by atoms with Crippen LogP contribution < -0.4 is 15.5 Å². The van der Waals surface area contributed by atoms with Crippen LogP contribution in [0.3, 0.4) is 0 Å². The Bertz CT molecular complexity index is 638. The third-order valence-electron chi connectivity index (χ3n) is 6.08. The van der Waals surface area contributed by atoms with Crippen molar-refractivity contribution in [2.45, 2.75) is 56.4 Å². The number of anilines is 1. The second kappa shape index (κ2) is 8.13. The number of nitrogens with one attached hydrogen (secondary N) is 2. The summed E-state index contributed by atoms with van der Waals surface area (Å²) < 4.78 is 14.9. The number of hydrogen-bond acceptors (Lipinski definition) is 3. The summed E-state index contributed by atoms with van der Waals surface area (Å²) in [5.41, 5.74) is 0.884. The molecule has 1 heterocycles. The number of halogens is 2. The van der Waals surface area contributed by atoms with E-state index in [2.05, 4.69) is 15.5 Å². The fourth-order valence-corrected chi connectivity index (χ4v) is 4.33. The number of carbonyl (C=O) groups excluding carboxylic acids is 1. The third kappa shape index (κ3) is 3.84. The van der Waals surface area contributed by atoms with E-state index in [1.54, 1.807) is 6.07 Å². The van der Waals surface area contributed by atoms with Gasteiger partial charge in [0.15, 0.2) is 0 Å². The second-order valence-corrected chi connectivity index (χ2v) is 7.79. The standard InChI is InChI=1S/C20H28FN3O.ClH/c21-18-14-16(24-12-10-22-11-13-24)6-7-17(18)20(8-9-20)19(25)23-15-4-2-1-3-5-15;/h6-7,14-15,22H,1-5,8-13H2,(H,23,25);1H. The topological polar surface area (TPSA) is 44.4 Å². The number of rotatable bonds is 4. The summed E-state index contributed by atoms with van der Waals surface area (Å²) in [4.78, 5) is 15.0. The summed E-state index contributed by atoms with van der Waals surface area (Å²) in [6, 6.07) is 5.73. The molecule has 0 radical (unpaired) electrons. The van der Waals surface area contributed by atoms with Gasteiger partial charge in [0.2, 0.25) is 5.91 Å². The Labute approximate surface area is 161 Å². The van der Waals surface area contributed by atoms with Crippen LogP contribution in [0.4, 0.5) is 10.1 Å². The highest BCUT2D eigenvalue weighted by atomic mass is 35.5. The van der Waals surface area contributed by atoms with E-state index in [1.807, 2.05) is 12.1 Å². The van der Waals surface area contributed by atoms with Gasteiger partial charge < -0.3 is 15.5 Å². The highest BCUT2D eigenvalue weighted by Crippen LogP contribution is 2.50. The van der Waals surface area contributed by atoms with Gasteiger partial charge in [-0.15, -0.1) is 12.4 Å². The van der Waals surface area contributed by atoms with Crippen molar-refractivity contribution >= 4 is 24.0 Å². The Morgan fingerprint density at radius 1 is 1.15 bits per heavy atom. The van der Waals surface area contributed by atoms with Crippen molar-refractivity contribution in [2.75, 3.05) is 31.1 Å².